The molecule has 0 fully saturated rings. The molecule has 170 valence electrons. The lowest BCUT2D eigenvalue weighted by atomic mass is 10.0. The lowest BCUT2D eigenvalue weighted by Gasteiger charge is -2.10. The summed E-state index contributed by atoms with van der Waals surface area (Å²) in [6.07, 6.45) is 0. The number of rotatable bonds is 9. The molecular weight excluding hydrogens is 441 g/mol. The predicted molar refractivity (Wildman–Crippen MR) is 129 cm³/mol. The number of hydrogen-bond acceptors (Lipinski definition) is 6. The minimum atomic E-state index is -0.394. The number of ether oxygens (including phenoxy) is 2. The van der Waals surface area contributed by atoms with Gasteiger partial charge in [0.05, 0.1) is 0 Å². The number of likely N-dealkylation sites (N-methyl/N-ethyl adjacent to an activating group) is 1. The monoisotopic (exact) mass is 465 g/mol. The van der Waals surface area contributed by atoms with E-state index >= 15 is 0 Å². The molecule has 2 N–H and O–H groups in total. The fourth-order valence-electron chi connectivity index (χ4n) is 3.46. The molecule has 3 aromatic carbocycles. The highest BCUT2D eigenvalue weighted by Crippen LogP contribution is 2.43. The first-order valence-electron chi connectivity index (χ1n) is 10.6. The first-order chi connectivity index (χ1) is 16.0. The molecule has 0 aliphatic heterocycles. The van der Waals surface area contributed by atoms with Crippen molar-refractivity contribution in [3.05, 3.63) is 82.5 Å². The summed E-state index contributed by atoms with van der Waals surface area (Å²) < 4.78 is 26.2. The summed E-state index contributed by atoms with van der Waals surface area (Å²) in [5, 5.41) is 13.8. The van der Waals surface area contributed by atoms with Gasteiger partial charge in [0.2, 0.25) is 5.78 Å². The zero-order chi connectivity index (χ0) is 23.4. The molecule has 7 heteroatoms. The lowest BCUT2D eigenvalue weighted by Crippen LogP contribution is -2.20. The van der Waals surface area contributed by atoms with E-state index < -0.39 is 5.82 Å². The molecule has 33 heavy (non-hydrogen) atoms. The second-order valence-electron chi connectivity index (χ2n) is 7.50. The zero-order valence-electron chi connectivity index (χ0n) is 18.4. The maximum Gasteiger partial charge on any atom is 0.207 e. The Balaban J connectivity index is 1.66. The van der Waals surface area contributed by atoms with Gasteiger partial charge >= 0.3 is 0 Å². The van der Waals surface area contributed by atoms with Gasteiger partial charge in [0.1, 0.15) is 34.5 Å². The van der Waals surface area contributed by atoms with Gasteiger partial charge in [0, 0.05) is 22.2 Å². The van der Waals surface area contributed by atoms with Gasteiger partial charge in [-0.05, 0) is 79.7 Å². The average molecular weight is 466 g/mol. The van der Waals surface area contributed by atoms with E-state index in [0.717, 1.165) is 23.5 Å². The standard InChI is InChI=1S/C26H24FNO4S/c1-3-28-12-13-31-19-6-8-20(9-7-19)32-25-22-11-5-18(29)15-23(22)33-26(25)24(30)21-10-4-17(27)14-16(21)2/h4-11,14-15,28-29H,3,12-13H2,1-2H3. The second-order valence-corrected chi connectivity index (χ2v) is 8.56. The molecule has 4 aromatic rings. The van der Waals surface area contributed by atoms with Crippen molar-refractivity contribution in [1.29, 1.82) is 0 Å². The SMILES string of the molecule is CCNCCOc1ccc(Oc2c(C(=O)c3ccc(F)cc3C)sc3cc(O)ccc23)cc1. The minimum absolute atomic E-state index is 0.103. The fourth-order valence-corrected chi connectivity index (χ4v) is 4.57. The van der Waals surface area contributed by atoms with Crippen LogP contribution in [0.3, 0.4) is 0 Å². The van der Waals surface area contributed by atoms with Gasteiger partial charge in [-0.25, -0.2) is 4.39 Å². The predicted octanol–water partition coefficient (Wildman–Crippen LogP) is 6.07. The summed E-state index contributed by atoms with van der Waals surface area (Å²) >= 11 is 1.23. The van der Waals surface area contributed by atoms with E-state index in [0.29, 0.717) is 39.5 Å². The van der Waals surface area contributed by atoms with Gasteiger partial charge in [0.15, 0.2) is 5.75 Å². The van der Waals surface area contributed by atoms with Crippen molar-refractivity contribution in [2.75, 3.05) is 19.7 Å². The normalized spacial score (nSPS) is 11.0. The Morgan fingerprint density at radius 1 is 1.06 bits per heavy atom. The van der Waals surface area contributed by atoms with Crippen molar-refractivity contribution in [3.63, 3.8) is 0 Å². The summed E-state index contributed by atoms with van der Waals surface area (Å²) in [6, 6.07) is 16.2. The third-order valence-electron chi connectivity index (χ3n) is 5.11. The third-order valence-corrected chi connectivity index (χ3v) is 6.24. The van der Waals surface area contributed by atoms with Crippen LogP contribution < -0.4 is 14.8 Å². The number of aryl methyl sites for hydroxylation is 1. The first kappa shape index (κ1) is 22.8. The van der Waals surface area contributed by atoms with Crippen LogP contribution in [0.15, 0.2) is 60.7 Å². The van der Waals surface area contributed by atoms with E-state index in [9.17, 15) is 14.3 Å². The maximum absolute atomic E-state index is 13.6. The Morgan fingerprint density at radius 3 is 2.55 bits per heavy atom. The van der Waals surface area contributed by atoms with E-state index in [1.165, 1.54) is 29.5 Å². The van der Waals surface area contributed by atoms with Crippen LogP contribution in [0, 0.1) is 12.7 Å². The van der Waals surface area contributed by atoms with Crippen LogP contribution in [0.5, 0.6) is 23.0 Å². The van der Waals surface area contributed by atoms with E-state index in [1.54, 1.807) is 37.3 Å². The average Bonchev–Trinajstić information content (AvgIpc) is 3.14. The summed E-state index contributed by atoms with van der Waals surface area (Å²) in [7, 11) is 0. The Hall–Kier alpha value is -3.42. The summed E-state index contributed by atoms with van der Waals surface area (Å²) in [4.78, 5) is 13.8. The van der Waals surface area contributed by atoms with Crippen LogP contribution in [-0.2, 0) is 0 Å². The number of hydrogen-bond donors (Lipinski definition) is 2. The molecule has 0 amide bonds. The van der Waals surface area contributed by atoms with Gasteiger partial charge < -0.3 is 19.9 Å². The molecule has 1 aromatic heterocycles. The summed E-state index contributed by atoms with van der Waals surface area (Å²) in [5.41, 5.74) is 0.951. The van der Waals surface area contributed by atoms with E-state index in [4.69, 9.17) is 9.47 Å². The third kappa shape index (κ3) is 5.16. The van der Waals surface area contributed by atoms with E-state index in [2.05, 4.69) is 5.32 Å². The second kappa shape index (κ2) is 10.0. The minimum Gasteiger partial charge on any atom is -0.508 e. The van der Waals surface area contributed by atoms with Crippen molar-refractivity contribution in [3.8, 4) is 23.0 Å². The molecule has 4 rings (SSSR count). The highest BCUT2D eigenvalue weighted by atomic mass is 32.1. The smallest absolute Gasteiger partial charge is 0.207 e. The highest BCUT2D eigenvalue weighted by molar-refractivity contribution is 7.21. The van der Waals surface area contributed by atoms with Crippen LogP contribution in [0.1, 0.15) is 27.7 Å². The topological polar surface area (TPSA) is 67.8 Å². The van der Waals surface area contributed by atoms with Crippen LogP contribution in [0.25, 0.3) is 10.1 Å². The van der Waals surface area contributed by atoms with E-state index in [-0.39, 0.29) is 11.5 Å². The molecule has 0 unspecified atom stereocenters. The number of fused-ring (bicyclic) bond motifs is 1. The Labute approximate surface area is 195 Å². The number of nitrogens with one attached hydrogen (secondary N) is 1. The molecule has 5 nitrogen and oxygen atoms in total. The summed E-state index contributed by atoms with van der Waals surface area (Å²) in [5.74, 6) is 1.13. The highest BCUT2D eigenvalue weighted by Gasteiger charge is 2.23. The Morgan fingerprint density at radius 2 is 1.82 bits per heavy atom. The van der Waals surface area contributed by atoms with Crippen molar-refractivity contribution < 1.29 is 23.8 Å². The van der Waals surface area contributed by atoms with Crippen LogP contribution in [0.4, 0.5) is 4.39 Å². The Kier molecular flexibility index (Phi) is 6.91. The molecule has 0 atom stereocenters. The van der Waals surface area contributed by atoms with Crippen LogP contribution >= 0.6 is 11.3 Å². The molecule has 0 radical (unpaired) electrons. The van der Waals surface area contributed by atoms with Gasteiger partial charge in [-0.2, -0.15) is 0 Å². The van der Waals surface area contributed by atoms with Crippen molar-refractivity contribution in [1.82, 2.24) is 5.32 Å². The lowest BCUT2D eigenvalue weighted by molar-refractivity contribution is 0.104. The molecule has 0 aliphatic carbocycles. The molecule has 0 spiro atoms. The molecular formula is C26H24FNO4S. The number of halogens is 1. The van der Waals surface area contributed by atoms with Gasteiger partial charge in [0.25, 0.3) is 0 Å². The van der Waals surface area contributed by atoms with E-state index in [1.807, 2.05) is 19.1 Å². The maximum atomic E-state index is 13.6. The van der Waals surface area contributed by atoms with Crippen molar-refractivity contribution in [2.45, 2.75) is 13.8 Å². The van der Waals surface area contributed by atoms with Crippen molar-refractivity contribution in [2.24, 2.45) is 0 Å². The molecule has 1 heterocycles. The molecule has 0 bridgehead atoms. The largest absolute Gasteiger partial charge is 0.508 e. The quantitative estimate of drug-likeness (QED) is 0.232. The van der Waals surface area contributed by atoms with Gasteiger partial charge in [-0.15, -0.1) is 11.3 Å². The van der Waals surface area contributed by atoms with Crippen molar-refractivity contribution >= 4 is 27.2 Å². The number of thiophene rings is 1. The van der Waals surface area contributed by atoms with Crippen LogP contribution in [-0.4, -0.2) is 30.6 Å². The zero-order valence-corrected chi connectivity index (χ0v) is 19.2. The number of benzene rings is 3. The molecule has 0 saturated heterocycles. The number of phenols is 1. The number of ketones is 1. The van der Waals surface area contributed by atoms with Gasteiger partial charge in [-0.1, -0.05) is 6.92 Å². The number of carbonyl (C=O) groups is 1. The molecule has 0 aliphatic rings. The first-order valence-corrected chi connectivity index (χ1v) is 11.5. The van der Waals surface area contributed by atoms with Crippen LogP contribution in [0.2, 0.25) is 0 Å². The van der Waals surface area contributed by atoms with Gasteiger partial charge in [-0.3, -0.25) is 4.79 Å². The number of phenolic OH excluding ortho intramolecular Hbond substituents is 1. The fraction of sp³-hybridized carbons (Fsp3) is 0.192. The number of carbonyl (C=O) groups excluding carboxylic acids is 1. The molecule has 0 saturated carbocycles. The number of aromatic hydroxyl groups is 1. The Bertz CT molecular complexity index is 1280. The summed E-state index contributed by atoms with van der Waals surface area (Å²) in [6.45, 7) is 5.95.